The first kappa shape index (κ1) is 12.9. The quantitative estimate of drug-likeness (QED) is 0.768. The molecule has 0 spiro atoms. The Bertz CT molecular complexity index is 735. The summed E-state index contributed by atoms with van der Waals surface area (Å²) in [4.78, 5) is 14.1. The van der Waals surface area contributed by atoms with Gasteiger partial charge in [-0.1, -0.05) is 0 Å². The minimum Gasteiger partial charge on any atom is -0.444 e. The van der Waals surface area contributed by atoms with Crippen molar-refractivity contribution in [2.24, 2.45) is 0 Å². The second-order valence-corrected chi connectivity index (χ2v) is 5.35. The van der Waals surface area contributed by atoms with Crippen molar-refractivity contribution in [2.75, 3.05) is 17.7 Å². The lowest BCUT2D eigenvalue weighted by atomic mass is 10.3. The topological polar surface area (TPSA) is 75.9 Å². The number of nitrogens with zero attached hydrogens (tertiary/aromatic N) is 3. The van der Waals surface area contributed by atoms with Crippen LogP contribution in [0, 0.1) is 6.92 Å². The van der Waals surface area contributed by atoms with Crippen molar-refractivity contribution in [1.29, 1.82) is 0 Å². The van der Waals surface area contributed by atoms with Crippen molar-refractivity contribution < 1.29 is 4.42 Å². The summed E-state index contributed by atoms with van der Waals surface area (Å²) in [5, 5.41) is 9.31. The summed E-state index contributed by atoms with van der Waals surface area (Å²) in [6.45, 7) is 3.87. The Morgan fingerprint density at radius 3 is 2.90 bits per heavy atom. The molecule has 3 aromatic heterocycles. The number of rotatable bonds is 4. The SMILES string of the molecule is CNc1nc(NC(C)c2ncc(C)o2)c2ccsc2n1. The molecule has 20 heavy (non-hydrogen) atoms. The van der Waals surface area contributed by atoms with Crippen molar-refractivity contribution in [3.8, 4) is 0 Å². The van der Waals surface area contributed by atoms with Crippen molar-refractivity contribution in [3.05, 3.63) is 29.3 Å². The number of aromatic nitrogens is 3. The summed E-state index contributed by atoms with van der Waals surface area (Å²) in [7, 11) is 1.80. The fourth-order valence-electron chi connectivity index (χ4n) is 1.92. The average Bonchev–Trinajstić information content (AvgIpc) is 3.06. The highest BCUT2D eigenvalue weighted by Crippen LogP contribution is 2.28. The monoisotopic (exact) mass is 289 g/mol. The molecule has 0 aliphatic heterocycles. The lowest BCUT2D eigenvalue weighted by Gasteiger charge is -2.12. The van der Waals surface area contributed by atoms with Crippen LogP contribution in [-0.4, -0.2) is 22.0 Å². The standard InChI is InChI=1S/C13H15N5OS/c1-7-6-15-11(19-7)8(2)16-10-9-4-5-20-12(9)18-13(14-3)17-10/h4-6,8H,1-3H3,(H2,14,16,17,18). The van der Waals surface area contributed by atoms with Crippen LogP contribution < -0.4 is 10.6 Å². The summed E-state index contributed by atoms with van der Waals surface area (Å²) in [5.74, 6) is 2.82. The van der Waals surface area contributed by atoms with Gasteiger partial charge in [0.25, 0.3) is 0 Å². The van der Waals surface area contributed by atoms with E-state index in [0.717, 1.165) is 21.8 Å². The fourth-order valence-corrected chi connectivity index (χ4v) is 2.68. The number of nitrogens with one attached hydrogen (secondary N) is 2. The minimum absolute atomic E-state index is 0.0635. The van der Waals surface area contributed by atoms with E-state index in [4.69, 9.17) is 4.42 Å². The van der Waals surface area contributed by atoms with Gasteiger partial charge in [0, 0.05) is 7.05 Å². The van der Waals surface area contributed by atoms with Gasteiger partial charge in [0.05, 0.1) is 11.6 Å². The molecule has 3 aromatic rings. The molecule has 0 radical (unpaired) electrons. The Morgan fingerprint density at radius 2 is 2.20 bits per heavy atom. The molecule has 0 saturated heterocycles. The zero-order chi connectivity index (χ0) is 14.1. The molecular weight excluding hydrogens is 274 g/mol. The van der Waals surface area contributed by atoms with Gasteiger partial charge in [-0.15, -0.1) is 11.3 Å². The average molecular weight is 289 g/mol. The number of fused-ring (bicyclic) bond motifs is 1. The molecule has 7 heteroatoms. The number of thiophene rings is 1. The molecule has 1 unspecified atom stereocenters. The van der Waals surface area contributed by atoms with E-state index in [1.54, 1.807) is 24.6 Å². The first-order valence-electron chi connectivity index (χ1n) is 6.29. The Hall–Kier alpha value is -2.15. The maximum absolute atomic E-state index is 5.54. The molecule has 0 bridgehead atoms. The number of anilines is 2. The van der Waals surface area contributed by atoms with Crippen molar-refractivity contribution in [2.45, 2.75) is 19.9 Å². The van der Waals surface area contributed by atoms with Crippen LogP contribution in [0.2, 0.25) is 0 Å². The van der Waals surface area contributed by atoms with Crippen LogP contribution in [0.4, 0.5) is 11.8 Å². The Kier molecular flexibility index (Phi) is 3.27. The van der Waals surface area contributed by atoms with Gasteiger partial charge in [-0.3, -0.25) is 0 Å². The highest BCUT2D eigenvalue weighted by Gasteiger charge is 2.15. The van der Waals surface area contributed by atoms with Crippen molar-refractivity contribution in [3.63, 3.8) is 0 Å². The number of hydrogen-bond acceptors (Lipinski definition) is 7. The Morgan fingerprint density at radius 1 is 1.35 bits per heavy atom. The normalized spacial score (nSPS) is 12.6. The lowest BCUT2D eigenvalue weighted by Crippen LogP contribution is -2.10. The molecule has 3 heterocycles. The molecule has 2 N–H and O–H groups in total. The summed E-state index contributed by atoms with van der Waals surface area (Å²) in [6, 6.07) is 1.95. The summed E-state index contributed by atoms with van der Waals surface area (Å²) < 4.78 is 5.54. The zero-order valence-corrected chi connectivity index (χ0v) is 12.3. The van der Waals surface area contributed by atoms with Gasteiger partial charge in [0.15, 0.2) is 0 Å². The van der Waals surface area contributed by atoms with Gasteiger partial charge in [0.1, 0.15) is 22.5 Å². The number of oxazole rings is 1. The third kappa shape index (κ3) is 2.32. The molecule has 0 amide bonds. The molecule has 104 valence electrons. The van der Waals surface area contributed by atoms with E-state index < -0.39 is 0 Å². The summed E-state index contributed by atoms with van der Waals surface area (Å²) in [5.41, 5.74) is 0. The van der Waals surface area contributed by atoms with Gasteiger partial charge in [0.2, 0.25) is 11.8 Å². The van der Waals surface area contributed by atoms with Gasteiger partial charge < -0.3 is 15.1 Å². The second-order valence-electron chi connectivity index (χ2n) is 4.46. The van der Waals surface area contributed by atoms with E-state index in [0.29, 0.717) is 11.8 Å². The minimum atomic E-state index is -0.0635. The molecule has 3 rings (SSSR count). The zero-order valence-electron chi connectivity index (χ0n) is 11.5. The van der Waals surface area contributed by atoms with Crippen LogP contribution in [0.1, 0.15) is 24.6 Å². The maximum atomic E-state index is 5.54. The van der Waals surface area contributed by atoms with Crippen molar-refractivity contribution in [1.82, 2.24) is 15.0 Å². The molecular formula is C13H15N5OS. The van der Waals surface area contributed by atoms with E-state index >= 15 is 0 Å². The Balaban J connectivity index is 1.95. The second kappa shape index (κ2) is 5.09. The van der Waals surface area contributed by atoms with E-state index in [1.165, 1.54) is 0 Å². The summed E-state index contributed by atoms with van der Waals surface area (Å²) in [6.07, 6.45) is 1.71. The van der Waals surface area contributed by atoms with Gasteiger partial charge in [-0.25, -0.2) is 9.97 Å². The fraction of sp³-hybridized carbons (Fsp3) is 0.308. The third-order valence-corrected chi connectivity index (χ3v) is 3.72. The highest BCUT2D eigenvalue weighted by molar-refractivity contribution is 7.16. The smallest absolute Gasteiger partial charge is 0.225 e. The highest BCUT2D eigenvalue weighted by atomic mass is 32.1. The van der Waals surface area contributed by atoms with Crippen LogP contribution >= 0.6 is 11.3 Å². The van der Waals surface area contributed by atoms with Gasteiger partial charge in [-0.05, 0) is 25.3 Å². The first-order chi connectivity index (χ1) is 9.67. The van der Waals surface area contributed by atoms with Crippen LogP contribution in [-0.2, 0) is 0 Å². The van der Waals surface area contributed by atoms with Crippen LogP contribution in [0.3, 0.4) is 0 Å². The lowest BCUT2D eigenvalue weighted by molar-refractivity contribution is 0.453. The molecule has 1 atom stereocenters. The molecule has 0 saturated carbocycles. The molecule has 0 fully saturated rings. The number of hydrogen-bond donors (Lipinski definition) is 2. The third-order valence-electron chi connectivity index (χ3n) is 2.91. The largest absolute Gasteiger partial charge is 0.444 e. The first-order valence-corrected chi connectivity index (χ1v) is 7.17. The van der Waals surface area contributed by atoms with E-state index in [2.05, 4.69) is 25.6 Å². The molecule has 6 nitrogen and oxygen atoms in total. The van der Waals surface area contributed by atoms with Crippen LogP contribution in [0.25, 0.3) is 10.2 Å². The van der Waals surface area contributed by atoms with E-state index in [1.807, 2.05) is 25.3 Å². The predicted molar refractivity (Wildman–Crippen MR) is 80.2 cm³/mol. The van der Waals surface area contributed by atoms with Crippen LogP contribution in [0.15, 0.2) is 22.1 Å². The van der Waals surface area contributed by atoms with Gasteiger partial charge in [-0.2, -0.15) is 4.98 Å². The molecule has 0 aliphatic carbocycles. The van der Waals surface area contributed by atoms with E-state index in [9.17, 15) is 0 Å². The van der Waals surface area contributed by atoms with E-state index in [-0.39, 0.29) is 6.04 Å². The van der Waals surface area contributed by atoms with Crippen LogP contribution in [0.5, 0.6) is 0 Å². The molecule has 0 aromatic carbocycles. The predicted octanol–water partition coefficient (Wildman–Crippen LogP) is 3.20. The van der Waals surface area contributed by atoms with Crippen molar-refractivity contribution >= 4 is 33.3 Å². The summed E-state index contributed by atoms with van der Waals surface area (Å²) >= 11 is 1.59. The number of aryl methyl sites for hydroxylation is 1. The Labute approximate surface area is 120 Å². The van der Waals surface area contributed by atoms with Gasteiger partial charge >= 0.3 is 0 Å². The maximum Gasteiger partial charge on any atom is 0.225 e. The molecule has 0 aliphatic rings.